The molecule has 0 unspecified atom stereocenters. The molecule has 0 heterocycles. The van der Waals surface area contributed by atoms with Gasteiger partial charge in [-0.15, -0.1) is 0 Å². The third kappa shape index (κ3) is 3.69. The van der Waals surface area contributed by atoms with E-state index in [4.69, 9.17) is 5.11 Å². The summed E-state index contributed by atoms with van der Waals surface area (Å²) in [7, 11) is -3.15. The second-order valence-corrected chi connectivity index (χ2v) is 4.63. The molecule has 1 N–H and O–H groups in total. The van der Waals surface area contributed by atoms with Crippen LogP contribution in [0.4, 0.5) is 0 Å². The summed E-state index contributed by atoms with van der Waals surface area (Å²) in [6.07, 6.45) is 1.14. The predicted octanol–water partition coefficient (Wildman–Crippen LogP) is -0.351. The van der Waals surface area contributed by atoms with Crippen LogP contribution in [-0.4, -0.2) is 43.3 Å². The van der Waals surface area contributed by atoms with Crippen molar-refractivity contribution < 1.29 is 13.5 Å². The van der Waals surface area contributed by atoms with Crippen LogP contribution in [0.25, 0.3) is 0 Å². The van der Waals surface area contributed by atoms with E-state index in [0.29, 0.717) is 0 Å². The van der Waals surface area contributed by atoms with Crippen molar-refractivity contribution in [3.63, 3.8) is 0 Å². The topological polar surface area (TPSA) is 57.6 Å². The molecule has 0 aliphatic heterocycles. The standard InChI is InChI=1S/C6H15NO3S/c1-6(2)7(4-5-8)11(3,9)10/h6,8H,4-5H2,1-3H3. The molecule has 0 bridgehead atoms. The molecule has 0 saturated heterocycles. The normalized spacial score (nSPS) is 12.9. The van der Waals surface area contributed by atoms with Crippen LogP contribution in [0.15, 0.2) is 0 Å². The summed E-state index contributed by atoms with van der Waals surface area (Å²) >= 11 is 0. The molecular weight excluding hydrogens is 166 g/mol. The number of hydrogen-bond donors (Lipinski definition) is 1. The van der Waals surface area contributed by atoms with Crippen molar-refractivity contribution in [2.45, 2.75) is 19.9 Å². The molecule has 0 radical (unpaired) electrons. The second kappa shape index (κ2) is 4.04. The van der Waals surface area contributed by atoms with Gasteiger partial charge in [-0.25, -0.2) is 8.42 Å². The molecule has 5 heteroatoms. The summed E-state index contributed by atoms with van der Waals surface area (Å²) in [5.74, 6) is 0. The van der Waals surface area contributed by atoms with Crippen molar-refractivity contribution >= 4 is 10.0 Å². The molecule has 68 valence electrons. The molecule has 0 aromatic heterocycles. The van der Waals surface area contributed by atoms with E-state index in [1.807, 2.05) is 0 Å². The van der Waals surface area contributed by atoms with Crippen molar-refractivity contribution in [1.82, 2.24) is 4.31 Å². The van der Waals surface area contributed by atoms with Crippen LogP contribution >= 0.6 is 0 Å². The molecule has 0 aliphatic rings. The van der Waals surface area contributed by atoms with Crippen molar-refractivity contribution in [1.29, 1.82) is 0 Å². The number of rotatable bonds is 4. The molecule has 0 aliphatic carbocycles. The van der Waals surface area contributed by atoms with E-state index < -0.39 is 10.0 Å². The average molecular weight is 181 g/mol. The van der Waals surface area contributed by atoms with Crippen LogP contribution < -0.4 is 0 Å². The molecule has 0 atom stereocenters. The summed E-state index contributed by atoms with van der Waals surface area (Å²) in [5, 5.41) is 8.54. The first-order valence-electron chi connectivity index (χ1n) is 3.47. The molecular formula is C6H15NO3S. The Balaban J connectivity index is 4.36. The predicted molar refractivity (Wildman–Crippen MR) is 43.8 cm³/mol. The Morgan fingerprint density at radius 3 is 2.00 bits per heavy atom. The van der Waals surface area contributed by atoms with Gasteiger partial charge in [0.15, 0.2) is 0 Å². The lowest BCUT2D eigenvalue weighted by Gasteiger charge is -2.22. The van der Waals surface area contributed by atoms with Gasteiger partial charge in [-0.3, -0.25) is 0 Å². The highest BCUT2D eigenvalue weighted by Crippen LogP contribution is 2.02. The molecule has 0 rings (SSSR count). The van der Waals surface area contributed by atoms with Crippen LogP contribution in [0.1, 0.15) is 13.8 Å². The monoisotopic (exact) mass is 181 g/mol. The van der Waals surface area contributed by atoms with Gasteiger partial charge in [0.25, 0.3) is 0 Å². The fourth-order valence-corrected chi connectivity index (χ4v) is 2.08. The minimum atomic E-state index is -3.15. The smallest absolute Gasteiger partial charge is 0.211 e. The molecule has 0 fully saturated rings. The summed E-state index contributed by atoms with van der Waals surface area (Å²) < 4.78 is 23.2. The summed E-state index contributed by atoms with van der Waals surface area (Å²) in [5.41, 5.74) is 0. The average Bonchev–Trinajstić information content (AvgIpc) is 1.79. The summed E-state index contributed by atoms with van der Waals surface area (Å²) in [6.45, 7) is 3.59. The van der Waals surface area contributed by atoms with E-state index in [1.165, 1.54) is 4.31 Å². The van der Waals surface area contributed by atoms with Crippen LogP contribution in [0.5, 0.6) is 0 Å². The van der Waals surface area contributed by atoms with Gasteiger partial charge < -0.3 is 5.11 Å². The van der Waals surface area contributed by atoms with Gasteiger partial charge in [0.2, 0.25) is 10.0 Å². The second-order valence-electron chi connectivity index (χ2n) is 2.69. The van der Waals surface area contributed by atoms with Crippen LogP contribution in [0.3, 0.4) is 0 Å². The molecule has 0 spiro atoms. The Hall–Kier alpha value is -0.130. The number of nitrogens with zero attached hydrogens (tertiary/aromatic N) is 1. The highest BCUT2D eigenvalue weighted by Gasteiger charge is 2.18. The van der Waals surface area contributed by atoms with E-state index >= 15 is 0 Å². The molecule has 11 heavy (non-hydrogen) atoms. The van der Waals surface area contributed by atoms with Gasteiger partial charge in [-0.05, 0) is 13.8 Å². The maximum Gasteiger partial charge on any atom is 0.211 e. The lowest BCUT2D eigenvalue weighted by Crippen LogP contribution is -2.38. The first-order valence-corrected chi connectivity index (χ1v) is 5.32. The Bertz CT molecular complexity index is 198. The lowest BCUT2D eigenvalue weighted by atomic mass is 10.4. The fraction of sp³-hybridized carbons (Fsp3) is 1.00. The Morgan fingerprint density at radius 2 is 1.91 bits per heavy atom. The quantitative estimate of drug-likeness (QED) is 0.645. The first kappa shape index (κ1) is 10.9. The minimum absolute atomic E-state index is 0.0860. The zero-order valence-corrected chi connectivity index (χ0v) is 7.93. The Kier molecular flexibility index (Phi) is 3.99. The lowest BCUT2D eigenvalue weighted by molar-refractivity contribution is 0.237. The Morgan fingerprint density at radius 1 is 1.45 bits per heavy atom. The maximum atomic E-state index is 11.0. The van der Waals surface area contributed by atoms with Crippen molar-refractivity contribution in [2.24, 2.45) is 0 Å². The van der Waals surface area contributed by atoms with Crippen molar-refractivity contribution in [3.05, 3.63) is 0 Å². The van der Waals surface area contributed by atoms with Gasteiger partial charge in [0.1, 0.15) is 0 Å². The van der Waals surface area contributed by atoms with Gasteiger partial charge in [0, 0.05) is 12.6 Å². The number of sulfonamides is 1. The van der Waals surface area contributed by atoms with Gasteiger partial charge in [0.05, 0.1) is 12.9 Å². The van der Waals surface area contributed by atoms with E-state index in [1.54, 1.807) is 13.8 Å². The zero-order valence-electron chi connectivity index (χ0n) is 7.11. The molecule has 0 amide bonds. The molecule has 0 saturated carbocycles. The largest absolute Gasteiger partial charge is 0.395 e. The molecule has 0 aromatic rings. The van der Waals surface area contributed by atoms with Crippen LogP contribution in [-0.2, 0) is 10.0 Å². The third-order valence-corrected chi connectivity index (χ3v) is 2.78. The van der Waals surface area contributed by atoms with Crippen molar-refractivity contribution in [2.75, 3.05) is 19.4 Å². The SMILES string of the molecule is CC(C)N(CCO)S(C)(=O)=O. The van der Waals surface area contributed by atoms with E-state index in [0.717, 1.165) is 6.26 Å². The van der Waals surface area contributed by atoms with Gasteiger partial charge >= 0.3 is 0 Å². The first-order chi connectivity index (χ1) is 4.89. The van der Waals surface area contributed by atoms with Gasteiger partial charge in [-0.1, -0.05) is 0 Å². The highest BCUT2D eigenvalue weighted by molar-refractivity contribution is 7.88. The minimum Gasteiger partial charge on any atom is -0.395 e. The number of hydrogen-bond acceptors (Lipinski definition) is 3. The van der Waals surface area contributed by atoms with Crippen LogP contribution in [0.2, 0.25) is 0 Å². The third-order valence-electron chi connectivity index (χ3n) is 1.32. The van der Waals surface area contributed by atoms with E-state index in [-0.39, 0.29) is 19.2 Å². The summed E-state index contributed by atoms with van der Waals surface area (Å²) in [6, 6.07) is -0.0860. The van der Waals surface area contributed by atoms with Crippen LogP contribution in [0, 0.1) is 0 Å². The number of aliphatic hydroxyl groups excluding tert-OH is 1. The van der Waals surface area contributed by atoms with Crippen molar-refractivity contribution in [3.8, 4) is 0 Å². The zero-order chi connectivity index (χ0) is 9.07. The fourth-order valence-electron chi connectivity index (χ4n) is 0.906. The summed E-state index contributed by atoms with van der Waals surface area (Å²) in [4.78, 5) is 0. The highest BCUT2D eigenvalue weighted by atomic mass is 32.2. The van der Waals surface area contributed by atoms with E-state index in [9.17, 15) is 8.42 Å². The molecule has 0 aromatic carbocycles. The molecule has 4 nitrogen and oxygen atoms in total. The van der Waals surface area contributed by atoms with Gasteiger partial charge in [-0.2, -0.15) is 4.31 Å². The van der Waals surface area contributed by atoms with E-state index in [2.05, 4.69) is 0 Å². The Labute approximate surface area is 67.9 Å². The number of aliphatic hydroxyl groups is 1. The maximum absolute atomic E-state index is 11.0.